The van der Waals surface area contributed by atoms with Gasteiger partial charge < -0.3 is 9.64 Å². The molecule has 1 aliphatic heterocycles. The Morgan fingerprint density at radius 2 is 2.00 bits per heavy atom. The number of methoxy groups -OCH3 is 1. The number of nitrogens with zero attached hydrogens (tertiary/aromatic N) is 3. The minimum Gasteiger partial charge on any atom is -0.453 e. The lowest BCUT2D eigenvalue weighted by molar-refractivity contribution is -0.125. The monoisotopic (exact) mass is 336 g/mol. The van der Waals surface area contributed by atoms with Crippen LogP contribution < -0.4 is 10.4 Å². The molecule has 1 aromatic carbocycles. The molecule has 0 radical (unpaired) electrons. The third-order valence-electron chi connectivity index (χ3n) is 4.09. The maximum absolute atomic E-state index is 12.3. The average molecular weight is 336 g/mol. The molecule has 1 heterocycles. The van der Waals surface area contributed by atoms with Gasteiger partial charge in [-0.15, -0.1) is 0 Å². The third kappa shape index (κ3) is 4.67. The minimum absolute atomic E-state index is 0.160. The van der Waals surface area contributed by atoms with Crippen molar-refractivity contribution in [3.8, 4) is 0 Å². The van der Waals surface area contributed by atoms with Gasteiger partial charge in [-0.1, -0.05) is 0 Å². The van der Waals surface area contributed by atoms with Crippen LogP contribution in [0, 0.1) is 0 Å². The molecule has 1 aliphatic rings. The zero-order valence-corrected chi connectivity index (χ0v) is 14.2. The summed E-state index contributed by atoms with van der Waals surface area (Å²) in [6, 6.07) is 6.53. The van der Waals surface area contributed by atoms with Crippen LogP contribution in [0.1, 0.15) is 6.92 Å². The van der Waals surface area contributed by atoms with Crippen LogP contribution >= 0.6 is 0 Å². The number of carbonyl (C=O) groups excluding carboxylic acids is 2. The fourth-order valence-corrected chi connectivity index (χ4v) is 2.65. The third-order valence-corrected chi connectivity index (χ3v) is 4.09. The van der Waals surface area contributed by atoms with E-state index in [0.29, 0.717) is 16.4 Å². The molecular weight excluding hydrogens is 312 g/mol. The van der Waals surface area contributed by atoms with Crippen molar-refractivity contribution in [1.29, 1.82) is 0 Å². The highest BCUT2D eigenvalue weighted by Crippen LogP contribution is 2.18. The van der Waals surface area contributed by atoms with Crippen molar-refractivity contribution in [2.75, 3.05) is 50.7 Å². The van der Waals surface area contributed by atoms with E-state index in [-0.39, 0.29) is 18.5 Å². The van der Waals surface area contributed by atoms with Gasteiger partial charge in [0.1, 0.15) is 0 Å². The molecule has 0 aromatic heterocycles. The first-order chi connectivity index (χ1) is 11.4. The van der Waals surface area contributed by atoms with Gasteiger partial charge in [-0.25, -0.2) is 4.79 Å². The van der Waals surface area contributed by atoms with E-state index in [1.54, 1.807) is 24.3 Å². The van der Waals surface area contributed by atoms with E-state index in [9.17, 15) is 14.8 Å². The van der Waals surface area contributed by atoms with E-state index in [1.165, 1.54) is 7.11 Å². The van der Waals surface area contributed by atoms with Crippen molar-refractivity contribution < 1.29 is 19.5 Å². The van der Waals surface area contributed by atoms with E-state index in [1.807, 2.05) is 0 Å². The Kier molecular flexibility index (Phi) is 6.13. The normalized spacial score (nSPS) is 18.9. The number of benzene rings is 1. The Hall–Kier alpha value is -2.16. The fraction of sp³-hybridized carbons (Fsp3) is 0.500. The van der Waals surface area contributed by atoms with E-state index in [4.69, 9.17) is 0 Å². The summed E-state index contributed by atoms with van der Waals surface area (Å²) in [5.41, 5.74) is 0.858. The summed E-state index contributed by atoms with van der Waals surface area (Å²) in [5, 5.41) is 13.3. The summed E-state index contributed by atoms with van der Waals surface area (Å²) >= 11 is 0. The van der Waals surface area contributed by atoms with Gasteiger partial charge in [0.2, 0.25) is 0 Å². The predicted molar refractivity (Wildman–Crippen MR) is 90.3 cm³/mol. The Bertz CT molecular complexity index is 578. The highest BCUT2D eigenvalue weighted by Gasteiger charge is 2.25. The van der Waals surface area contributed by atoms with Crippen molar-refractivity contribution >= 4 is 23.4 Å². The molecule has 1 fully saturated rings. The van der Waals surface area contributed by atoms with Crippen molar-refractivity contribution in [3.63, 3.8) is 0 Å². The van der Waals surface area contributed by atoms with Gasteiger partial charge in [0.05, 0.1) is 19.3 Å². The van der Waals surface area contributed by atoms with Crippen LogP contribution in [0.15, 0.2) is 24.3 Å². The van der Waals surface area contributed by atoms with Gasteiger partial charge >= 0.3 is 6.09 Å². The summed E-state index contributed by atoms with van der Waals surface area (Å²) in [6.07, 6.45) is -0.580. The lowest BCUT2D eigenvalue weighted by atomic mass is 10.2. The second kappa shape index (κ2) is 8.09. The first-order valence-electron chi connectivity index (χ1n) is 7.80. The first kappa shape index (κ1) is 18.2. The quantitative estimate of drug-likeness (QED) is 0.635. The second-order valence-electron chi connectivity index (χ2n) is 5.95. The van der Waals surface area contributed by atoms with Crippen molar-refractivity contribution in [2.45, 2.75) is 13.0 Å². The standard InChI is InChI=1S/C16H24N4O4/c1-12-10-18(2)8-9-19(12)11-15(21)20(23)14-6-4-13(5-7-14)17-16(22)24-3/h4-7,12,23H,8-11H2,1-3H3,(H,17,22). The number of piperazine rings is 1. The van der Waals surface area contributed by atoms with E-state index in [2.05, 4.69) is 33.8 Å². The molecule has 24 heavy (non-hydrogen) atoms. The maximum Gasteiger partial charge on any atom is 0.411 e. The molecule has 2 amide bonds. The van der Waals surface area contributed by atoms with Gasteiger partial charge in [0.15, 0.2) is 0 Å². The summed E-state index contributed by atoms with van der Waals surface area (Å²) in [6.45, 7) is 4.81. The smallest absolute Gasteiger partial charge is 0.411 e. The van der Waals surface area contributed by atoms with Crippen LogP contribution in [0.5, 0.6) is 0 Å². The number of anilines is 2. The summed E-state index contributed by atoms with van der Waals surface area (Å²) in [4.78, 5) is 27.7. The second-order valence-corrected chi connectivity index (χ2v) is 5.95. The van der Waals surface area contributed by atoms with Gasteiger partial charge in [-0.3, -0.25) is 20.2 Å². The van der Waals surface area contributed by atoms with E-state index >= 15 is 0 Å². The number of hydroxylamine groups is 1. The van der Waals surface area contributed by atoms with Crippen LogP contribution in [-0.4, -0.2) is 73.4 Å². The molecule has 1 atom stereocenters. The molecule has 8 heteroatoms. The number of ether oxygens (including phenoxy) is 1. The Labute approximate surface area is 141 Å². The number of rotatable bonds is 4. The Morgan fingerprint density at radius 1 is 1.33 bits per heavy atom. The number of likely N-dealkylation sites (N-methyl/N-ethyl adjacent to an activating group) is 1. The topological polar surface area (TPSA) is 85.3 Å². The predicted octanol–water partition coefficient (Wildman–Crippen LogP) is 1.22. The summed E-state index contributed by atoms with van der Waals surface area (Å²) in [5.74, 6) is -0.389. The van der Waals surface area contributed by atoms with Crippen molar-refractivity contribution in [2.24, 2.45) is 0 Å². The van der Waals surface area contributed by atoms with Crippen LogP contribution in [0.4, 0.5) is 16.2 Å². The lowest BCUT2D eigenvalue weighted by Gasteiger charge is -2.38. The number of hydrogen-bond acceptors (Lipinski definition) is 6. The summed E-state index contributed by atoms with van der Waals surface area (Å²) < 4.78 is 4.50. The Morgan fingerprint density at radius 3 is 2.58 bits per heavy atom. The number of carbonyl (C=O) groups is 2. The van der Waals surface area contributed by atoms with Crippen LogP contribution in [0.2, 0.25) is 0 Å². The lowest BCUT2D eigenvalue weighted by Crippen LogP contribution is -2.53. The molecule has 8 nitrogen and oxygen atoms in total. The molecule has 1 aromatic rings. The molecule has 0 aliphatic carbocycles. The molecule has 0 saturated carbocycles. The molecule has 1 unspecified atom stereocenters. The molecule has 0 spiro atoms. The van der Waals surface area contributed by atoms with Crippen molar-refractivity contribution in [1.82, 2.24) is 9.80 Å². The zero-order valence-electron chi connectivity index (χ0n) is 14.2. The molecule has 1 saturated heterocycles. The number of nitrogens with one attached hydrogen (secondary N) is 1. The van der Waals surface area contributed by atoms with Crippen molar-refractivity contribution in [3.05, 3.63) is 24.3 Å². The number of amides is 2. The minimum atomic E-state index is -0.580. The van der Waals surface area contributed by atoms with Gasteiger partial charge in [0.25, 0.3) is 5.91 Å². The largest absolute Gasteiger partial charge is 0.453 e. The van der Waals surface area contributed by atoms with E-state index in [0.717, 1.165) is 19.6 Å². The fourth-order valence-electron chi connectivity index (χ4n) is 2.65. The maximum atomic E-state index is 12.3. The molecule has 0 bridgehead atoms. The molecular formula is C16H24N4O4. The molecule has 2 N–H and O–H groups in total. The SMILES string of the molecule is COC(=O)Nc1ccc(N(O)C(=O)CN2CCN(C)CC2C)cc1. The highest BCUT2D eigenvalue weighted by atomic mass is 16.5. The average Bonchev–Trinajstić information content (AvgIpc) is 2.57. The Balaban J connectivity index is 1.94. The highest BCUT2D eigenvalue weighted by molar-refractivity contribution is 5.93. The van der Waals surface area contributed by atoms with Gasteiger partial charge in [-0.2, -0.15) is 5.06 Å². The first-order valence-corrected chi connectivity index (χ1v) is 7.80. The van der Waals surface area contributed by atoms with Crippen LogP contribution in [0.25, 0.3) is 0 Å². The molecule has 132 valence electrons. The summed E-state index contributed by atoms with van der Waals surface area (Å²) in [7, 11) is 3.33. The van der Waals surface area contributed by atoms with Gasteiger partial charge in [-0.05, 0) is 38.2 Å². The number of hydrogen-bond donors (Lipinski definition) is 2. The van der Waals surface area contributed by atoms with Gasteiger partial charge in [0, 0.05) is 31.4 Å². The molecule has 2 rings (SSSR count). The van der Waals surface area contributed by atoms with Crippen LogP contribution in [-0.2, 0) is 9.53 Å². The van der Waals surface area contributed by atoms with Crippen LogP contribution in [0.3, 0.4) is 0 Å². The zero-order chi connectivity index (χ0) is 17.7. The van der Waals surface area contributed by atoms with E-state index < -0.39 is 6.09 Å².